The van der Waals surface area contributed by atoms with E-state index in [0.29, 0.717) is 31.9 Å². The molecule has 2 aromatic rings. The van der Waals surface area contributed by atoms with Crippen molar-refractivity contribution in [1.29, 1.82) is 0 Å². The molecule has 3 rings (SSSR count). The smallest absolute Gasteiger partial charge is 0.220 e. The van der Waals surface area contributed by atoms with Gasteiger partial charge in [-0.3, -0.25) is 4.99 Å². The maximum atomic E-state index is 12.6. The standard InChI is InChI=1S/C22H33N5O3S/c1-22(2,3)19-7-5-18(6-8-19)9-11-24-21(23-4)26-12-14-27(15-13-26)31(28,29)17-20-10-16-30-25-20/h5-8,10,16H,9,11-15,17H2,1-4H3,(H,23,24). The molecule has 2 heterocycles. The first-order chi connectivity index (χ1) is 14.7. The molecule has 1 aliphatic rings. The molecule has 1 saturated heterocycles. The first kappa shape index (κ1) is 23.3. The largest absolute Gasteiger partial charge is 0.364 e. The summed E-state index contributed by atoms with van der Waals surface area (Å²) in [5.41, 5.74) is 3.19. The minimum atomic E-state index is -3.41. The minimum absolute atomic E-state index is 0.134. The minimum Gasteiger partial charge on any atom is -0.364 e. The van der Waals surface area contributed by atoms with E-state index in [2.05, 4.69) is 65.4 Å². The van der Waals surface area contributed by atoms with Crippen molar-refractivity contribution in [2.24, 2.45) is 4.99 Å². The number of hydrogen-bond donors (Lipinski definition) is 1. The molecule has 1 N–H and O–H groups in total. The van der Waals surface area contributed by atoms with E-state index in [1.165, 1.54) is 21.7 Å². The summed E-state index contributed by atoms with van der Waals surface area (Å²) in [4.78, 5) is 6.48. The van der Waals surface area contributed by atoms with Crippen LogP contribution in [0, 0.1) is 0 Å². The lowest BCUT2D eigenvalue weighted by atomic mass is 9.86. The average Bonchev–Trinajstić information content (AvgIpc) is 3.23. The molecule has 1 fully saturated rings. The summed E-state index contributed by atoms with van der Waals surface area (Å²) < 4.78 is 31.4. The Morgan fingerprint density at radius 3 is 2.35 bits per heavy atom. The summed E-state index contributed by atoms with van der Waals surface area (Å²) in [6, 6.07) is 10.3. The topological polar surface area (TPSA) is 91.0 Å². The quantitative estimate of drug-likeness (QED) is 0.539. The van der Waals surface area contributed by atoms with Gasteiger partial charge in [-0.05, 0) is 23.0 Å². The fourth-order valence-corrected chi connectivity index (χ4v) is 5.02. The van der Waals surface area contributed by atoms with E-state index in [4.69, 9.17) is 4.52 Å². The van der Waals surface area contributed by atoms with Gasteiger partial charge in [-0.15, -0.1) is 0 Å². The van der Waals surface area contributed by atoms with Gasteiger partial charge in [0.15, 0.2) is 5.96 Å². The zero-order chi connectivity index (χ0) is 22.5. The van der Waals surface area contributed by atoms with Gasteiger partial charge in [0.2, 0.25) is 10.0 Å². The number of aromatic nitrogens is 1. The van der Waals surface area contributed by atoms with Gasteiger partial charge >= 0.3 is 0 Å². The van der Waals surface area contributed by atoms with Crippen LogP contribution in [-0.2, 0) is 27.6 Å². The zero-order valence-corrected chi connectivity index (χ0v) is 19.7. The third-order valence-electron chi connectivity index (χ3n) is 5.48. The van der Waals surface area contributed by atoms with Crippen LogP contribution >= 0.6 is 0 Å². The third-order valence-corrected chi connectivity index (χ3v) is 7.29. The molecular formula is C22H33N5O3S. The van der Waals surface area contributed by atoms with Gasteiger partial charge in [0, 0.05) is 45.8 Å². The van der Waals surface area contributed by atoms with Crippen LogP contribution < -0.4 is 5.32 Å². The number of aliphatic imine (C=N–C) groups is 1. The molecule has 0 amide bonds. The molecular weight excluding hydrogens is 414 g/mol. The Labute approximate surface area is 185 Å². The van der Waals surface area contributed by atoms with Crippen molar-refractivity contribution >= 4 is 16.0 Å². The SMILES string of the molecule is CN=C(NCCc1ccc(C(C)(C)C)cc1)N1CCN(S(=O)(=O)Cc2ccon2)CC1. The van der Waals surface area contributed by atoms with Crippen molar-refractivity contribution in [3.8, 4) is 0 Å². The summed E-state index contributed by atoms with van der Waals surface area (Å²) in [6.07, 6.45) is 2.28. The second-order valence-electron chi connectivity index (χ2n) is 8.80. The third kappa shape index (κ3) is 6.30. The second kappa shape index (κ2) is 9.82. The molecule has 0 atom stereocenters. The second-order valence-corrected chi connectivity index (χ2v) is 10.8. The Morgan fingerprint density at radius 2 is 1.81 bits per heavy atom. The van der Waals surface area contributed by atoms with E-state index in [1.54, 1.807) is 13.1 Å². The van der Waals surface area contributed by atoms with Gasteiger partial charge in [-0.2, -0.15) is 4.31 Å². The molecule has 170 valence electrons. The Balaban J connectivity index is 1.47. The van der Waals surface area contributed by atoms with Crippen molar-refractivity contribution < 1.29 is 12.9 Å². The molecule has 0 radical (unpaired) electrons. The molecule has 0 unspecified atom stereocenters. The number of guanidine groups is 1. The molecule has 1 aromatic heterocycles. The number of rotatable bonds is 6. The average molecular weight is 448 g/mol. The van der Waals surface area contributed by atoms with Crippen LogP contribution in [0.2, 0.25) is 0 Å². The molecule has 9 heteroatoms. The highest BCUT2D eigenvalue weighted by Crippen LogP contribution is 2.22. The van der Waals surface area contributed by atoms with Crippen molar-refractivity contribution in [3.05, 3.63) is 53.4 Å². The van der Waals surface area contributed by atoms with Crippen LogP contribution in [0.15, 0.2) is 46.1 Å². The van der Waals surface area contributed by atoms with Gasteiger partial charge in [-0.25, -0.2) is 8.42 Å². The summed E-state index contributed by atoms with van der Waals surface area (Å²) >= 11 is 0. The first-order valence-corrected chi connectivity index (χ1v) is 12.2. The molecule has 1 aromatic carbocycles. The van der Waals surface area contributed by atoms with Crippen LogP contribution in [0.3, 0.4) is 0 Å². The van der Waals surface area contributed by atoms with E-state index >= 15 is 0 Å². The fraction of sp³-hybridized carbons (Fsp3) is 0.545. The van der Waals surface area contributed by atoms with Crippen LogP contribution in [0.4, 0.5) is 0 Å². The van der Waals surface area contributed by atoms with Gasteiger partial charge in [0.25, 0.3) is 0 Å². The molecule has 8 nitrogen and oxygen atoms in total. The van der Waals surface area contributed by atoms with Crippen molar-refractivity contribution in [1.82, 2.24) is 19.7 Å². The monoisotopic (exact) mass is 447 g/mol. The number of sulfonamides is 1. The Hall–Kier alpha value is -2.39. The van der Waals surface area contributed by atoms with E-state index in [0.717, 1.165) is 18.9 Å². The molecule has 0 saturated carbocycles. The molecule has 0 spiro atoms. The normalized spacial score (nSPS) is 16.5. The fourth-order valence-electron chi connectivity index (χ4n) is 3.59. The van der Waals surface area contributed by atoms with E-state index in [1.807, 2.05) is 0 Å². The molecule has 31 heavy (non-hydrogen) atoms. The van der Waals surface area contributed by atoms with Crippen LogP contribution in [0.25, 0.3) is 0 Å². The lowest BCUT2D eigenvalue weighted by Gasteiger charge is -2.35. The highest BCUT2D eigenvalue weighted by molar-refractivity contribution is 7.88. The van der Waals surface area contributed by atoms with Crippen molar-refractivity contribution in [2.75, 3.05) is 39.8 Å². The predicted molar refractivity (Wildman–Crippen MR) is 122 cm³/mol. The lowest BCUT2D eigenvalue weighted by Crippen LogP contribution is -2.54. The number of hydrogen-bond acceptors (Lipinski definition) is 5. The predicted octanol–water partition coefficient (Wildman–Crippen LogP) is 2.24. The highest BCUT2D eigenvalue weighted by atomic mass is 32.2. The molecule has 1 aliphatic heterocycles. The number of nitrogens with zero attached hydrogens (tertiary/aromatic N) is 4. The van der Waals surface area contributed by atoms with E-state index < -0.39 is 10.0 Å². The van der Waals surface area contributed by atoms with Crippen molar-refractivity contribution in [2.45, 2.75) is 38.4 Å². The lowest BCUT2D eigenvalue weighted by molar-refractivity contribution is 0.260. The van der Waals surface area contributed by atoms with Gasteiger partial charge in [0.05, 0.1) is 5.69 Å². The zero-order valence-electron chi connectivity index (χ0n) is 18.8. The Bertz CT molecular complexity index is 956. The van der Waals surface area contributed by atoms with Gasteiger partial charge < -0.3 is 14.7 Å². The molecule has 0 aliphatic carbocycles. The van der Waals surface area contributed by atoms with Crippen LogP contribution in [0.5, 0.6) is 0 Å². The number of benzene rings is 1. The van der Waals surface area contributed by atoms with Crippen LogP contribution in [0.1, 0.15) is 37.6 Å². The summed E-state index contributed by atoms with van der Waals surface area (Å²) in [6.45, 7) is 9.46. The summed E-state index contributed by atoms with van der Waals surface area (Å²) in [5, 5.41) is 7.12. The Morgan fingerprint density at radius 1 is 1.13 bits per heavy atom. The Kier molecular flexibility index (Phi) is 7.38. The van der Waals surface area contributed by atoms with Crippen molar-refractivity contribution in [3.63, 3.8) is 0 Å². The maximum Gasteiger partial charge on any atom is 0.220 e. The van der Waals surface area contributed by atoms with Gasteiger partial charge in [-0.1, -0.05) is 50.2 Å². The molecule has 0 bridgehead atoms. The van der Waals surface area contributed by atoms with Crippen LogP contribution in [-0.4, -0.2) is 68.5 Å². The maximum absolute atomic E-state index is 12.6. The van der Waals surface area contributed by atoms with Gasteiger partial charge in [0.1, 0.15) is 12.0 Å². The van der Waals surface area contributed by atoms with E-state index in [-0.39, 0.29) is 11.2 Å². The first-order valence-electron chi connectivity index (χ1n) is 10.6. The highest BCUT2D eigenvalue weighted by Gasteiger charge is 2.28. The number of nitrogens with one attached hydrogen (secondary N) is 1. The van der Waals surface area contributed by atoms with E-state index in [9.17, 15) is 8.42 Å². The number of piperazine rings is 1. The summed E-state index contributed by atoms with van der Waals surface area (Å²) in [7, 11) is -1.65. The summed E-state index contributed by atoms with van der Waals surface area (Å²) in [5.74, 6) is 0.671.